The molecule has 0 aromatic carbocycles. The summed E-state index contributed by atoms with van der Waals surface area (Å²) in [5.74, 6) is 1.53. The van der Waals surface area contributed by atoms with Gasteiger partial charge in [0, 0.05) is 22.8 Å². The van der Waals surface area contributed by atoms with Crippen LogP contribution in [0.5, 0.6) is 0 Å². The summed E-state index contributed by atoms with van der Waals surface area (Å²) in [7, 11) is 0. The Labute approximate surface area is 163 Å². The molecule has 0 unspecified atom stereocenters. The van der Waals surface area contributed by atoms with E-state index in [1.165, 1.54) is 9.75 Å². The maximum atomic E-state index is 12.2. The van der Waals surface area contributed by atoms with Gasteiger partial charge in [-0.25, -0.2) is 0 Å². The van der Waals surface area contributed by atoms with Crippen molar-refractivity contribution in [3.8, 4) is 0 Å². The zero-order valence-corrected chi connectivity index (χ0v) is 16.8. The minimum atomic E-state index is 0.143. The number of carbonyl (C=O) groups is 2. The number of hydrogen-bond donors (Lipinski definition) is 0. The van der Waals surface area contributed by atoms with Crippen LogP contribution >= 0.6 is 46.2 Å². The van der Waals surface area contributed by atoms with Crippen molar-refractivity contribution in [2.45, 2.75) is 17.2 Å². The number of nitrogens with zero attached hydrogens (tertiary/aromatic N) is 2. The third-order valence-corrected chi connectivity index (χ3v) is 8.93. The van der Waals surface area contributed by atoms with Gasteiger partial charge < -0.3 is 9.80 Å². The van der Waals surface area contributed by atoms with Gasteiger partial charge in [-0.2, -0.15) is 0 Å². The van der Waals surface area contributed by atoms with Crippen LogP contribution in [0.15, 0.2) is 35.0 Å². The average Bonchev–Trinajstić information content (AvgIpc) is 3.37. The Morgan fingerprint density at radius 1 is 0.840 bits per heavy atom. The predicted molar refractivity (Wildman–Crippen MR) is 107 cm³/mol. The third kappa shape index (κ3) is 3.63. The standard InChI is InChI=1S/C17H18N2O2S4/c20-14-10-24-16(12-4-1-8-22-12)18(14)6-3-7-19-15(21)11-25-17(19)13-5-2-9-23-13/h1-2,4-5,8-9,16-17H,3,6-7,10-11H2/t16-,17+. The highest BCUT2D eigenvalue weighted by molar-refractivity contribution is 8.00. The first-order valence-electron chi connectivity index (χ1n) is 8.13. The number of hydrogen-bond acceptors (Lipinski definition) is 6. The highest BCUT2D eigenvalue weighted by Crippen LogP contribution is 2.42. The molecular formula is C17H18N2O2S4. The van der Waals surface area contributed by atoms with Gasteiger partial charge in [0.05, 0.1) is 11.5 Å². The van der Waals surface area contributed by atoms with Crippen LogP contribution in [0.1, 0.15) is 26.9 Å². The Balaban J connectivity index is 1.37. The molecule has 8 heteroatoms. The summed E-state index contributed by atoms with van der Waals surface area (Å²) < 4.78 is 0. The molecule has 2 aromatic heterocycles. The monoisotopic (exact) mass is 410 g/mol. The first-order valence-corrected chi connectivity index (χ1v) is 12.0. The molecule has 0 spiro atoms. The quantitative estimate of drug-likeness (QED) is 0.720. The third-order valence-electron chi connectivity index (χ3n) is 4.31. The summed E-state index contributed by atoms with van der Waals surface area (Å²) in [6, 6.07) is 8.27. The molecule has 4 rings (SSSR count). The van der Waals surface area contributed by atoms with Crippen molar-refractivity contribution < 1.29 is 9.59 Å². The fourth-order valence-electron chi connectivity index (χ4n) is 3.14. The molecule has 0 saturated carbocycles. The van der Waals surface area contributed by atoms with Gasteiger partial charge in [0.1, 0.15) is 10.7 Å². The molecule has 2 saturated heterocycles. The molecule has 0 radical (unpaired) electrons. The zero-order valence-electron chi connectivity index (χ0n) is 13.5. The maximum Gasteiger partial charge on any atom is 0.233 e. The summed E-state index contributed by atoms with van der Waals surface area (Å²) in [6.07, 6.45) is 0.822. The first kappa shape index (κ1) is 17.5. The number of amides is 2. The van der Waals surface area contributed by atoms with Crippen molar-refractivity contribution in [3.05, 3.63) is 44.8 Å². The van der Waals surface area contributed by atoms with E-state index in [9.17, 15) is 9.59 Å². The van der Waals surface area contributed by atoms with Crippen LogP contribution < -0.4 is 0 Å². The van der Waals surface area contributed by atoms with Crippen molar-refractivity contribution in [1.29, 1.82) is 0 Å². The van der Waals surface area contributed by atoms with Crippen molar-refractivity contribution in [1.82, 2.24) is 9.80 Å². The Kier molecular flexibility index (Phi) is 5.40. The molecular weight excluding hydrogens is 392 g/mol. The predicted octanol–water partition coefficient (Wildman–Crippen LogP) is 4.05. The zero-order chi connectivity index (χ0) is 17.2. The molecule has 25 heavy (non-hydrogen) atoms. The van der Waals surface area contributed by atoms with E-state index in [2.05, 4.69) is 22.9 Å². The van der Waals surface area contributed by atoms with E-state index in [0.29, 0.717) is 24.6 Å². The molecule has 2 aliphatic heterocycles. The minimum Gasteiger partial charge on any atom is -0.325 e. The molecule has 2 aliphatic rings. The summed E-state index contributed by atoms with van der Waals surface area (Å²) >= 11 is 6.81. The lowest BCUT2D eigenvalue weighted by Gasteiger charge is -2.26. The summed E-state index contributed by atoms with van der Waals surface area (Å²) in [5, 5.41) is 4.40. The van der Waals surface area contributed by atoms with E-state index in [1.807, 2.05) is 21.9 Å². The van der Waals surface area contributed by atoms with Crippen LogP contribution in [-0.2, 0) is 9.59 Å². The van der Waals surface area contributed by atoms with Crippen molar-refractivity contribution in [2.24, 2.45) is 0 Å². The Morgan fingerprint density at radius 3 is 1.72 bits per heavy atom. The molecule has 132 valence electrons. The van der Waals surface area contributed by atoms with Crippen LogP contribution in [-0.4, -0.2) is 46.2 Å². The van der Waals surface area contributed by atoms with Gasteiger partial charge >= 0.3 is 0 Å². The molecule has 0 bridgehead atoms. The van der Waals surface area contributed by atoms with Gasteiger partial charge in [-0.1, -0.05) is 12.1 Å². The van der Waals surface area contributed by atoms with Crippen LogP contribution in [0.2, 0.25) is 0 Å². The molecule has 4 nitrogen and oxygen atoms in total. The van der Waals surface area contributed by atoms with Gasteiger partial charge in [0.25, 0.3) is 0 Å². The van der Waals surface area contributed by atoms with Crippen LogP contribution in [0, 0.1) is 0 Å². The molecule has 4 heterocycles. The number of thiophene rings is 2. The fraction of sp³-hybridized carbons (Fsp3) is 0.412. The lowest BCUT2D eigenvalue weighted by molar-refractivity contribution is -0.128. The maximum absolute atomic E-state index is 12.2. The van der Waals surface area contributed by atoms with E-state index in [0.717, 1.165) is 6.42 Å². The normalized spacial score (nSPS) is 23.8. The lowest BCUT2D eigenvalue weighted by Crippen LogP contribution is -2.34. The highest BCUT2D eigenvalue weighted by atomic mass is 32.2. The minimum absolute atomic E-state index is 0.143. The topological polar surface area (TPSA) is 40.6 Å². The summed E-state index contributed by atoms with van der Waals surface area (Å²) in [5.41, 5.74) is 0. The van der Waals surface area contributed by atoms with E-state index in [-0.39, 0.29) is 22.6 Å². The van der Waals surface area contributed by atoms with Gasteiger partial charge in [-0.3, -0.25) is 9.59 Å². The Bertz CT molecular complexity index is 670. The van der Waals surface area contributed by atoms with Gasteiger partial charge in [-0.15, -0.1) is 46.2 Å². The highest BCUT2D eigenvalue weighted by Gasteiger charge is 2.35. The second-order valence-corrected chi connectivity index (χ2v) is 9.98. The molecule has 0 aliphatic carbocycles. The van der Waals surface area contributed by atoms with Crippen molar-refractivity contribution >= 4 is 58.0 Å². The molecule has 2 aromatic rings. The second kappa shape index (κ2) is 7.73. The largest absolute Gasteiger partial charge is 0.325 e. The van der Waals surface area contributed by atoms with Crippen LogP contribution in [0.3, 0.4) is 0 Å². The Hall–Kier alpha value is -0.960. The molecule has 0 N–H and O–H groups in total. The van der Waals surface area contributed by atoms with Crippen molar-refractivity contribution in [3.63, 3.8) is 0 Å². The SMILES string of the molecule is O=C1CS[C@H](c2cccs2)N1CCCN1C(=O)CS[C@H]1c1cccs1. The van der Waals surface area contributed by atoms with Crippen molar-refractivity contribution in [2.75, 3.05) is 24.6 Å². The molecule has 2 amide bonds. The molecule has 2 atom stereocenters. The smallest absolute Gasteiger partial charge is 0.233 e. The van der Waals surface area contributed by atoms with E-state index in [4.69, 9.17) is 0 Å². The summed E-state index contributed by atoms with van der Waals surface area (Å²) in [4.78, 5) is 30.9. The van der Waals surface area contributed by atoms with E-state index >= 15 is 0 Å². The fourth-order valence-corrected chi connectivity index (χ4v) is 7.53. The van der Waals surface area contributed by atoms with Gasteiger partial charge in [0.2, 0.25) is 11.8 Å². The lowest BCUT2D eigenvalue weighted by atomic mass is 10.3. The average molecular weight is 411 g/mol. The second-order valence-electron chi connectivity index (χ2n) is 5.89. The van der Waals surface area contributed by atoms with E-state index < -0.39 is 0 Å². The number of carbonyl (C=O) groups excluding carboxylic acids is 2. The number of thioether (sulfide) groups is 2. The Morgan fingerprint density at radius 2 is 1.32 bits per heavy atom. The van der Waals surface area contributed by atoms with Gasteiger partial charge in [-0.05, 0) is 29.3 Å². The first-order chi connectivity index (χ1) is 12.2. The van der Waals surface area contributed by atoms with E-state index in [1.54, 1.807) is 46.2 Å². The van der Waals surface area contributed by atoms with Crippen LogP contribution in [0.25, 0.3) is 0 Å². The number of rotatable bonds is 6. The van der Waals surface area contributed by atoms with Gasteiger partial charge in [0.15, 0.2) is 0 Å². The summed E-state index contributed by atoms with van der Waals surface area (Å²) in [6.45, 7) is 1.42. The van der Waals surface area contributed by atoms with Crippen LogP contribution in [0.4, 0.5) is 0 Å². The molecule has 2 fully saturated rings.